The second kappa shape index (κ2) is 4.85. The van der Waals surface area contributed by atoms with Crippen LogP contribution in [-0.4, -0.2) is 44.1 Å². The van der Waals surface area contributed by atoms with Gasteiger partial charge >= 0.3 is 0 Å². The number of aromatic nitrogens is 2. The average molecular weight is 279 g/mol. The number of thioether (sulfide) groups is 1. The predicted molar refractivity (Wildman–Crippen MR) is 75.2 cm³/mol. The van der Waals surface area contributed by atoms with Crippen molar-refractivity contribution in [3.05, 3.63) is 23.8 Å². The monoisotopic (exact) mass is 279 g/mol. The van der Waals surface area contributed by atoms with E-state index in [1.165, 1.54) is 11.7 Å². The summed E-state index contributed by atoms with van der Waals surface area (Å²) in [4.78, 5) is 14.3. The minimum Gasteiger partial charge on any atom is -0.337 e. The number of rotatable bonds is 2. The molecule has 1 aromatic heterocycles. The topological polar surface area (TPSA) is 46.1 Å². The van der Waals surface area contributed by atoms with Crippen LogP contribution in [0.4, 0.5) is 0 Å². The molecule has 18 heavy (non-hydrogen) atoms. The number of nitrogens with zero attached hydrogens (tertiary/aromatic N) is 3. The van der Waals surface area contributed by atoms with E-state index >= 15 is 0 Å². The SMILES string of the molecule is CSC1CCN(C(=O)c2ccc3nsnc3c2)C1. The van der Waals surface area contributed by atoms with Crippen molar-refractivity contribution >= 4 is 40.4 Å². The minimum absolute atomic E-state index is 0.112. The number of likely N-dealkylation sites (tertiary alicyclic amines) is 1. The van der Waals surface area contributed by atoms with Crippen molar-refractivity contribution in [1.82, 2.24) is 13.6 Å². The van der Waals surface area contributed by atoms with E-state index in [2.05, 4.69) is 15.0 Å². The largest absolute Gasteiger partial charge is 0.337 e. The van der Waals surface area contributed by atoms with Crippen LogP contribution in [0, 0.1) is 0 Å². The molecule has 0 spiro atoms. The normalized spacial score (nSPS) is 19.6. The van der Waals surface area contributed by atoms with E-state index in [-0.39, 0.29) is 5.91 Å². The zero-order valence-electron chi connectivity index (χ0n) is 10.00. The fourth-order valence-corrected chi connectivity index (χ4v) is 3.39. The van der Waals surface area contributed by atoms with Gasteiger partial charge in [-0.25, -0.2) is 0 Å². The Balaban J connectivity index is 1.83. The van der Waals surface area contributed by atoms with E-state index in [0.29, 0.717) is 5.25 Å². The Bertz CT molecular complexity index is 583. The first-order chi connectivity index (χ1) is 8.78. The van der Waals surface area contributed by atoms with Gasteiger partial charge in [-0.05, 0) is 30.9 Å². The van der Waals surface area contributed by atoms with Gasteiger partial charge in [0.15, 0.2) is 0 Å². The molecule has 2 aromatic rings. The van der Waals surface area contributed by atoms with Crippen molar-refractivity contribution in [2.24, 2.45) is 0 Å². The highest BCUT2D eigenvalue weighted by Gasteiger charge is 2.26. The summed E-state index contributed by atoms with van der Waals surface area (Å²) in [6.45, 7) is 1.71. The molecule has 1 amide bonds. The molecule has 1 fully saturated rings. The second-order valence-electron chi connectivity index (χ2n) is 4.37. The molecule has 1 aromatic carbocycles. The zero-order chi connectivity index (χ0) is 12.5. The van der Waals surface area contributed by atoms with E-state index in [1.54, 1.807) is 0 Å². The van der Waals surface area contributed by atoms with Gasteiger partial charge in [0, 0.05) is 23.9 Å². The summed E-state index contributed by atoms with van der Waals surface area (Å²) in [5.41, 5.74) is 2.39. The minimum atomic E-state index is 0.112. The first-order valence-electron chi connectivity index (χ1n) is 5.82. The van der Waals surface area contributed by atoms with Crippen molar-refractivity contribution in [3.8, 4) is 0 Å². The highest BCUT2D eigenvalue weighted by atomic mass is 32.2. The van der Waals surface area contributed by atoms with Crippen LogP contribution >= 0.6 is 23.5 Å². The molecule has 0 bridgehead atoms. The summed E-state index contributed by atoms with van der Waals surface area (Å²) in [5.74, 6) is 0.112. The molecular formula is C12H13N3OS2. The second-order valence-corrected chi connectivity index (χ2v) is 6.03. The lowest BCUT2D eigenvalue weighted by molar-refractivity contribution is 0.0793. The third-order valence-electron chi connectivity index (χ3n) is 3.27. The molecule has 1 aliphatic rings. The van der Waals surface area contributed by atoms with Gasteiger partial charge in [-0.15, -0.1) is 0 Å². The summed E-state index contributed by atoms with van der Waals surface area (Å²) in [6.07, 6.45) is 3.19. The summed E-state index contributed by atoms with van der Waals surface area (Å²) in [5, 5.41) is 0.582. The van der Waals surface area contributed by atoms with E-state index in [1.807, 2.05) is 34.9 Å². The van der Waals surface area contributed by atoms with Crippen LogP contribution in [0.3, 0.4) is 0 Å². The van der Waals surface area contributed by atoms with E-state index < -0.39 is 0 Å². The molecule has 0 radical (unpaired) electrons. The Kier molecular flexibility index (Phi) is 3.22. The Morgan fingerprint density at radius 2 is 2.28 bits per heavy atom. The lowest BCUT2D eigenvalue weighted by atomic mass is 10.2. The molecule has 1 aliphatic heterocycles. The molecule has 94 valence electrons. The fourth-order valence-electron chi connectivity index (χ4n) is 2.20. The summed E-state index contributed by atoms with van der Waals surface area (Å²) in [7, 11) is 0. The average Bonchev–Trinajstić information content (AvgIpc) is 3.05. The highest BCUT2D eigenvalue weighted by Crippen LogP contribution is 2.22. The number of hydrogen-bond acceptors (Lipinski definition) is 5. The molecule has 1 unspecified atom stereocenters. The Labute approximate surface area is 114 Å². The Morgan fingerprint density at radius 1 is 1.44 bits per heavy atom. The number of amides is 1. The number of hydrogen-bond donors (Lipinski definition) is 0. The third kappa shape index (κ3) is 2.10. The first-order valence-corrected chi connectivity index (χ1v) is 7.84. The molecule has 0 saturated carbocycles. The first kappa shape index (κ1) is 11.9. The van der Waals surface area contributed by atoms with Gasteiger partial charge in [-0.2, -0.15) is 20.5 Å². The Hall–Kier alpha value is -1.14. The molecule has 4 nitrogen and oxygen atoms in total. The van der Waals surface area contributed by atoms with Crippen LogP contribution in [0.5, 0.6) is 0 Å². The van der Waals surface area contributed by atoms with E-state index in [4.69, 9.17) is 0 Å². The number of benzene rings is 1. The van der Waals surface area contributed by atoms with Crippen molar-refractivity contribution in [2.45, 2.75) is 11.7 Å². The van der Waals surface area contributed by atoms with Crippen LogP contribution in [0.25, 0.3) is 11.0 Å². The fraction of sp³-hybridized carbons (Fsp3) is 0.417. The van der Waals surface area contributed by atoms with Gasteiger partial charge in [-0.3, -0.25) is 4.79 Å². The molecule has 0 N–H and O–H groups in total. The van der Waals surface area contributed by atoms with Crippen molar-refractivity contribution in [1.29, 1.82) is 0 Å². The van der Waals surface area contributed by atoms with Gasteiger partial charge in [0.25, 0.3) is 5.91 Å². The number of fused-ring (bicyclic) bond motifs is 1. The van der Waals surface area contributed by atoms with Crippen LogP contribution in [0.1, 0.15) is 16.8 Å². The molecule has 1 atom stereocenters. The smallest absolute Gasteiger partial charge is 0.253 e. The lowest BCUT2D eigenvalue weighted by Gasteiger charge is -2.15. The summed E-state index contributed by atoms with van der Waals surface area (Å²) < 4.78 is 8.32. The maximum atomic E-state index is 12.3. The van der Waals surface area contributed by atoms with Gasteiger partial charge < -0.3 is 4.90 Å². The van der Waals surface area contributed by atoms with Gasteiger partial charge in [-0.1, -0.05) is 0 Å². The molecule has 3 rings (SSSR count). The van der Waals surface area contributed by atoms with Crippen molar-refractivity contribution < 1.29 is 4.79 Å². The number of carbonyl (C=O) groups excluding carboxylic acids is 1. The van der Waals surface area contributed by atoms with E-state index in [0.717, 1.165) is 36.1 Å². The molecular weight excluding hydrogens is 266 g/mol. The maximum absolute atomic E-state index is 12.3. The lowest BCUT2D eigenvalue weighted by Crippen LogP contribution is -2.29. The van der Waals surface area contributed by atoms with Crippen molar-refractivity contribution in [2.75, 3.05) is 19.3 Å². The third-order valence-corrected chi connectivity index (χ3v) is 4.87. The zero-order valence-corrected chi connectivity index (χ0v) is 11.6. The van der Waals surface area contributed by atoms with Crippen LogP contribution in [0.15, 0.2) is 18.2 Å². The molecule has 0 aliphatic carbocycles. The molecule has 1 saturated heterocycles. The predicted octanol–water partition coefficient (Wildman–Crippen LogP) is 2.27. The van der Waals surface area contributed by atoms with Crippen molar-refractivity contribution in [3.63, 3.8) is 0 Å². The summed E-state index contributed by atoms with van der Waals surface area (Å²) in [6, 6.07) is 5.56. The standard InChI is InChI=1S/C12H13N3OS2/c1-17-9-4-5-15(7-9)12(16)8-2-3-10-11(6-8)14-18-13-10/h2-3,6,9H,4-5,7H2,1H3. The quantitative estimate of drug-likeness (QED) is 0.846. The Morgan fingerprint density at radius 3 is 3.06 bits per heavy atom. The van der Waals surface area contributed by atoms with Gasteiger partial charge in [0.05, 0.1) is 11.7 Å². The highest BCUT2D eigenvalue weighted by molar-refractivity contribution is 7.99. The van der Waals surface area contributed by atoms with Crippen LogP contribution in [0.2, 0.25) is 0 Å². The number of carbonyl (C=O) groups is 1. The molecule has 2 heterocycles. The summed E-state index contributed by atoms with van der Waals surface area (Å²) >= 11 is 3.02. The van der Waals surface area contributed by atoms with Crippen LogP contribution < -0.4 is 0 Å². The maximum Gasteiger partial charge on any atom is 0.253 e. The van der Waals surface area contributed by atoms with Crippen LogP contribution in [-0.2, 0) is 0 Å². The van der Waals surface area contributed by atoms with E-state index in [9.17, 15) is 4.79 Å². The van der Waals surface area contributed by atoms with Gasteiger partial charge in [0.1, 0.15) is 11.0 Å². The molecule has 6 heteroatoms. The van der Waals surface area contributed by atoms with Gasteiger partial charge in [0.2, 0.25) is 0 Å².